The largest absolute Gasteiger partial charge is 0.450 e. The van der Waals surface area contributed by atoms with Crippen molar-refractivity contribution in [3.8, 4) is 0 Å². The third-order valence-electron chi connectivity index (χ3n) is 3.52. The van der Waals surface area contributed by atoms with Gasteiger partial charge in [0.25, 0.3) is 0 Å². The van der Waals surface area contributed by atoms with Gasteiger partial charge in [0.1, 0.15) is 0 Å². The number of piperidine rings is 1. The lowest BCUT2D eigenvalue weighted by Gasteiger charge is -2.30. The molecule has 0 N–H and O–H groups in total. The number of carbonyl (C=O) groups is 2. The predicted molar refractivity (Wildman–Crippen MR) is 79.8 cm³/mol. The maximum Gasteiger partial charge on any atom is 0.409 e. The Morgan fingerprint density at radius 1 is 1.25 bits per heavy atom. The SMILES string of the molecule is CCOC(=O)N1CCC(C(=O)c2ccc(Br)cc2)CC1. The van der Waals surface area contributed by atoms with E-state index in [0.717, 1.165) is 10.0 Å². The number of hydrogen-bond acceptors (Lipinski definition) is 3. The summed E-state index contributed by atoms with van der Waals surface area (Å²) in [4.78, 5) is 25.6. The Balaban J connectivity index is 1.92. The number of Topliss-reactive ketones (excluding diaryl/α,β-unsaturated/α-hetero) is 1. The molecule has 0 saturated carbocycles. The predicted octanol–water partition coefficient (Wildman–Crippen LogP) is 3.50. The molecule has 1 fully saturated rings. The topological polar surface area (TPSA) is 46.6 Å². The highest BCUT2D eigenvalue weighted by Gasteiger charge is 2.28. The summed E-state index contributed by atoms with van der Waals surface area (Å²) >= 11 is 3.36. The third kappa shape index (κ3) is 3.60. The molecule has 1 aliphatic rings. The van der Waals surface area contributed by atoms with E-state index in [1.54, 1.807) is 11.8 Å². The summed E-state index contributed by atoms with van der Waals surface area (Å²) in [7, 11) is 0. The molecule has 0 radical (unpaired) electrons. The molecular weight excluding hydrogens is 322 g/mol. The highest BCUT2D eigenvalue weighted by molar-refractivity contribution is 9.10. The normalized spacial score (nSPS) is 16.0. The summed E-state index contributed by atoms with van der Waals surface area (Å²) in [5.41, 5.74) is 0.739. The van der Waals surface area contributed by atoms with Crippen molar-refractivity contribution < 1.29 is 14.3 Å². The van der Waals surface area contributed by atoms with E-state index in [1.165, 1.54) is 0 Å². The quantitative estimate of drug-likeness (QED) is 0.791. The van der Waals surface area contributed by atoms with E-state index in [-0.39, 0.29) is 17.8 Å². The van der Waals surface area contributed by atoms with Crippen molar-refractivity contribution in [1.82, 2.24) is 4.90 Å². The molecule has 4 nitrogen and oxygen atoms in total. The van der Waals surface area contributed by atoms with Crippen LogP contribution in [0.3, 0.4) is 0 Å². The minimum atomic E-state index is -0.276. The fourth-order valence-corrected chi connectivity index (χ4v) is 2.65. The van der Waals surface area contributed by atoms with Crippen molar-refractivity contribution in [3.05, 3.63) is 34.3 Å². The summed E-state index contributed by atoms with van der Waals surface area (Å²) in [6, 6.07) is 7.43. The van der Waals surface area contributed by atoms with Gasteiger partial charge in [0.05, 0.1) is 6.61 Å². The summed E-state index contributed by atoms with van der Waals surface area (Å²) in [6.45, 7) is 3.36. The fourth-order valence-electron chi connectivity index (χ4n) is 2.39. The van der Waals surface area contributed by atoms with Crippen LogP contribution < -0.4 is 0 Å². The number of nitrogens with zero attached hydrogens (tertiary/aromatic N) is 1. The first-order valence-electron chi connectivity index (χ1n) is 6.83. The lowest BCUT2D eigenvalue weighted by Crippen LogP contribution is -2.40. The lowest BCUT2D eigenvalue weighted by atomic mass is 9.89. The van der Waals surface area contributed by atoms with Gasteiger partial charge in [-0.25, -0.2) is 4.79 Å². The van der Waals surface area contributed by atoms with Crippen LogP contribution in [0, 0.1) is 5.92 Å². The molecule has 1 amide bonds. The highest BCUT2D eigenvalue weighted by atomic mass is 79.9. The van der Waals surface area contributed by atoms with Gasteiger partial charge in [0.15, 0.2) is 5.78 Å². The zero-order chi connectivity index (χ0) is 14.5. The Morgan fingerprint density at radius 2 is 1.85 bits per heavy atom. The molecule has 20 heavy (non-hydrogen) atoms. The van der Waals surface area contributed by atoms with Crippen LogP contribution >= 0.6 is 15.9 Å². The molecule has 2 rings (SSSR count). The number of likely N-dealkylation sites (tertiary alicyclic amines) is 1. The first-order chi connectivity index (χ1) is 9.61. The maximum absolute atomic E-state index is 12.4. The molecule has 5 heteroatoms. The first-order valence-corrected chi connectivity index (χ1v) is 7.62. The van der Waals surface area contributed by atoms with E-state index in [2.05, 4.69) is 15.9 Å². The molecule has 1 saturated heterocycles. The second-order valence-corrected chi connectivity index (χ2v) is 5.75. The Bertz CT molecular complexity index is 478. The van der Waals surface area contributed by atoms with Gasteiger partial charge in [-0.1, -0.05) is 28.1 Å². The van der Waals surface area contributed by atoms with Crippen molar-refractivity contribution in [2.24, 2.45) is 5.92 Å². The van der Waals surface area contributed by atoms with E-state index >= 15 is 0 Å². The molecular formula is C15H18BrNO3. The van der Waals surface area contributed by atoms with Gasteiger partial charge < -0.3 is 9.64 Å². The van der Waals surface area contributed by atoms with Gasteiger partial charge in [0, 0.05) is 29.0 Å². The number of ether oxygens (including phenoxy) is 1. The van der Waals surface area contributed by atoms with Gasteiger partial charge in [-0.15, -0.1) is 0 Å². The van der Waals surface area contributed by atoms with Crippen LogP contribution in [-0.2, 0) is 4.74 Å². The van der Waals surface area contributed by atoms with Crippen molar-refractivity contribution in [3.63, 3.8) is 0 Å². The second-order valence-electron chi connectivity index (χ2n) is 4.83. The number of halogens is 1. The number of rotatable bonds is 3. The molecule has 1 heterocycles. The van der Waals surface area contributed by atoms with Gasteiger partial charge in [-0.05, 0) is 31.9 Å². The van der Waals surface area contributed by atoms with Crippen molar-refractivity contribution >= 4 is 27.8 Å². The fraction of sp³-hybridized carbons (Fsp3) is 0.467. The molecule has 1 aromatic rings. The van der Waals surface area contributed by atoms with E-state index in [0.29, 0.717) is 32.5 Å². The van der Waals surface area contributed by atoms with Gasteiger partial charge in [0.2, 0.25) is 0 Å². The molecule has 0 aromatic heterocycles. The Morgan fingerprint density at radius 3 is 2.40 bits per heavy atom. The number of carbonyl (C=O) groups excluding carboxylic acids is 2. The Hall–Kier alpha value is -1.36. The average molecular weight is 340 g/mol. The molecule has 108 valence electrons. The average Bonchev–Trinajstić information content (AvgIpc) is 2.48. The van der Waals surface area contributed by atoms with Gasteiger partial charge in [-0.3, -0.25) is 4.79 Å². The monoisotopic (exact) mass is 339 g/mol. The molecule has 0 aliphatic carbocycles. The van der Waals surface area contributed by atoms with Crippen molar-refractivity contribution in [2.75, 3.05) is 19.7 Å². The number of hydrogen-bond donors (Lipinski definition) is 0. The van der Waals surface area contributed by atoms with Crippen molar-refractivity contribution in [1.29, 1.82) is 0 Å². The minimum Gasteiger partial charge on any atom is -0.450 e. The highest BCUT2D eigenvalue weighted by Crippen LogP contribution is 2.23. The lowest BCUT2D eigenvalue weighted by molar-refractivity contribution is 0.0753. The molecule has 0 spiro atoms. The van der Waals surface area contributed by atoms with E-state index in [4.69, 9.17) is 4.74 Å². The number of ketones is 1. The van der Waals surface area contributed by atoms with Crippen LogP contribution in [0.1, 0.15) is 30.1 Å². The first kappa shape index (κ1) is 15.0. The molecule has 0 unspecified atom stereocenters. The summed E-state index contributed by atoms with van der Waals surface area (Å²) in [5, 5.41) is 0. The third-order valence-corrected chi connectivity index (χ3v) is 4.05. The summed E-state index contributed by atoms with van der Waals surface area (Å²) in [5.74, 6) is 0.169. The Labute approximate surface area is 127 Å². The zero-order valence-electron chi connectivity index (χ0n) is 11.5. The van der Waals surface area contributed by atoms with Crippen molar-refractivity contribution in [2.45, 2.75) is 19.8 Å². The van der Waals surface area contributed by atoms with Crippen LogP contribution in [0.25, 0.3) is 0 Å². The molecule has 1 aromatic carbocycles. The maximum atomic E-state index is 12.4. The van der Waals surface area contributed by atoms with E-state index in [9.17, 15) is 9.59 Å². The van der Waals surface area contributed by atoms with Crippen LogP contribution in [0.15, 0.2) is 28.7 Å². The van der Waals surface area contributed by atoms with Crippen LogP contribution in [0.2, 0.25) is 0 Å². The van der Waals surface area contributed by atoms with E-state index < -0.39 is 0 Å². The van der Waals surface area contributed by atoms with Crippen LogP contribution in [0.5, 0.6) is 0 Å². The molecule has 0 bridgehead atoms. The zero-order valence-corrected chi connectivity index (χ0v) is 13.1. The summed E-state index contributed by atoms with van der Waals surface area (Å²) in [6.07, 6.45) is 1.13. The molecule has 1 aliphatic heterocycles. The second kappa shape index (κ2) is 6.88. The summed E-state index contributed by atoms with van der Waals surface area (Å²) < 4.78 is 5.94. The molecule has 0 atom stereocenters. The van der Waals surface area contributed by atoms with Gasteiger partial charge in [-0.2, -0.15) is 0 Å². The number of benzene rings is 1. The van der Waals surface area contributed by atoms with Crippen LogP contribution in [-0.4, -0.2) is 36.5 Å². The smallest absolute Gasteiger partial charge is 0.409 e. The Kier molecular flexibility index (Phi) is 5.17. The van der Waals surface area contributed by atoms with Gasteiger partial charge >= 0.3 is 6.09 Å². The standard InChI is InChI=1S/C15H18BrNO3/c1-2-20-15(19)17-9-7-12(8-10-17)14(18)11-3-5-13(16)6-4-11/h3-6,12H,2,7-10H2,1H3. The number of amides is 1. The minimum absolute atomic E-state index is 0.00171. The van der Waals surface area contributed by atoms with E-state index in [1.807, 2.05) is 24.3 Å². The van der Waals surface area contributed by atoms with Crippen LogP contribution in [0.4, 0.5) is 4.79 Å².